The monoisotopic (exact) mass is 411 g/mol. The van der Waals surface area contributed by atoms with E-state index in [-0.39, 0.29) is 18.2 Å². The van der Waals surface area contributed by atoms with Crippen LogP contribution < -0.4 is 15.2 Å². The van der Waals surface area contributed by atoms with E-state index in [0.29, 0.717) is 17.2 Å². The molecule has 1 unspecified atom stereocenters. The van der Waals surface area contributed by atoms with Gasteiger partial charge in [-0.2, -0.15) is 9.36 Å². The Labute approximate surface area is 174 Å². The van der Waals surface area contributed by atoms with Crippen molar-refractivity contribution in [1.82, 2.24) is 19.8 Å². The van der Waals surface area contributed by atoms with Crippen molar-refractivity contribution in [2.75, 3.05) is 14.2 Å². The van der Waals surface area contributed by atoms with Gasteiger partial charge in [0.25, 0.3) is 0 Å². The second-order valence-corrected chi connectivity index (χ2v) is 6.79. The normalized spacial score (nSPS) is 12.2. The molecule has 0 spiro atoms. The average Bonchev–Trinajstić information content (AvgIpc) is 3.09. The molecule has 3 aromatic rings. The molecule has 0 amide bonds. The van der Waals surface area contributed by atoms with Crippen LogP contribution in [0.25, 0.3) is 5.69 Å². The van der Waals surface area contributed by atoms with Gasteiger partial charge < -0.3 is 14.3 Å². The van der Waals surface area contributed by atoms with Crippen LogP contribution in [-0.2, 0) is 18.5 Å². The summed E-state index contributed by atoms with van der Waals surface area (Å²) in [5.41, 5.74) is 3.14. The van der Waals surface area contributed by atoms with Gasteiger partial charge in [0.2, 0.25) is 0 Å². The highest BCUT2D eigenvalue weighted by Crippen LogP contribution is 2.32. The highest BCUT2D eigenvalue weighted by atomic mass is 16.6. The number of methoxy groups -OCH3 is 1. The molecule has 0 radical (unpaired) electrons. The van der Waals surface area contributed by atoms with E-state index in [9.17, 15) is 4.79 Å². The lowest BCUT2D eigenvalue weighted by molar-refractivity contribution is 0.214. The van der Waals surface area contributed by atoms with E-state index < -0.39 is 0 Å². The number of hydrogen-bond donors (Lipinski definition) is 0. The maximum absolute atomic E-state index is 12.3. The molecule has 1 aromatic heterocycles. The zero-order chi connectivity index (χ0) is 21.7. The Morgan fingerprint density at radius 3 is 2.63 bits per heavy atom. The maximum atomic E-state index is 12.3. The lowest BCUT2D eigenvalue weighted by Gasteiger charge is -2.16. The zero-order valence-electron chi connectivity index (χ0n) is 17.7. The lowest BCUT2D eigenvalue weighted by Crippen LogP contribution is -2.23. The summed E-state index contributed by atoms with van der Waals surface area (Å²) >= 11 is 0. The van der Waals surface area contributed by atoms with Crippen molar-refractivity contribution in [2.24, 2.45) is 12.2 Å². The van der Waals surface area contributed by atoms with Crippen LogP contribution in [0, 0.1) is 6.92 Å². The minimum atomic E-state index is -0.324. The molecule has 158 valence electrons. The summed E-state index contributed by atoms with van der Waals surface area (Å²) in [4.78, 5) is 17.1. The molecule has 30 heavy (non-hydrogen) atoms. The second-order valence-electron chi connectivity index (χ2n) is 6.79. The van der Waals surface area contributed by atoms with E-state index in [2.05, 4.69) is 15.6 Å². The summed E-state index contributed by atoms with van der Waals surface area (Å²) in [6, 6.07) is 11.4. The number of aryl methyl sites for hydroxylation is 2. The van der Waals surface area contributed by atoms with E-state index in [1.165, 1.54) is 16.5 Å². The standard InChI is InChI=1S/C21H25N5O4/c1-14-7-6-8-18(26-21(27)25(3)23-24-26)17(14)13-30-19-10-9-16(11-20(19)28-4)15(2)12-22-29-5/h6-12,15H,13H2,1-5H3/b22-12+. The molecule has 0 N–H and O–H groups in total. The molecule has 9 nitrogen and oxygen atoms in total. The van der Waals surface area contributed by atoms with E-state index in [4.69, 9.17) is 14.3 Å². The quantitative estimate of drug-likeness (QED) is 0.418. The van der Waals surface area contributed by atoms with E-state index >= 15 is 0 Å². The van der Waals surface area contributed by atoms with Crippen LogP contribution in [-0.4, -0.2) is 40.2 Å². The largest absolute Gasteiger partial charge is 0.493 e. The predicted octanol–water partition coefficient (Wildman–Crippen LogP) is 2.60. The fraction of sp³-hybridized carbons (Fsp3) is 0.333. The van der Waals surface area contributed by atoms with Crippen molar-refractivity contribution >= 4 is 6.21 Å². The van der Waals surface area contributed by atoms with Crippen molar-refractivity contribution < 1.29 is 14.3 Å². The van der Waals surface area contributed by atoms with Crippen LogP contribution >= 0.6 is 0 Å². The van der Waals surface area contributed by atoms with Gasteiger partial charge in [0.15, 0.2) is 11.5 Å². The molecule has 0 fully saturated rings. The Morgan fingerprint density at radius 2 is 1.97 bits per heavy atom. The molecule has 0 aliphatic heterocycles. The number of rotatable bonds is 8. The van der Waals surface area contributed by atoms with Gasteiger partial charge in [0.1, 0.15) is 13.7 Å². The molecule has 0 saturated heterocycles. The van der Waals surface area contributed by atoms with Crippen LogP contribution in [0.2, 0.25) is 0 Å². The van der Waals surface area contributed by atoms with E-state index in [0.717, 1.165) is 16.7 Å². The van der Waals surface area contributed by atoms with Gasteiger partial charge in [0.05, 0.1) is 19.0 Å². The SMILES string of the molecule is CO/N=C/C(C)c1ccc(OCc2c(C)cccc2-n2nnn(C)c2=O)c(OC)c1. The third-order valence-electron chi connectivity index (χ3n) is 4.81. The van der Waals surface area contributed by atoms with E-state index in [1.807, 2.05) is 50.2 Å². The van der Waals surface area contributed by atoms with Crippen molar-refractivity contribution in [3.05, 3.63) is 63.6 Å². The fourth-order valence-corrected chi connectivity index (χ4v) is 3.01. The summed E-state index contributed by atoms with van der Waals surface area (Å²) in [5.74, 6) is 1.26. The number of tetrazole rings is 1. The topological polar surface area (TPSA) is 92.8 Å². The van der Waals surface area contributed by atoms with Crippen LogP contribution in [0.15, 0.2) is 46.3 Å². The van der Waals surface area contributed by atoms with Gasteiger partial charge >= 0.3 is 5.69 Å². The molecule has 0 bridgehead atoms. The number of oxime groups is 1. The first-order chi connectivity index (χ1) is 14.5. The van der Waals surface area contributed by atoms with Crippen LogP contribution in [0.4, 0.5) is 0 Å². The molecule has 0 saturated carbocycles. The van der Waals surface area contributed by atoms with Crippen LogP contribution in [0.1, 0.15) is 29.5 Å². The fourth-order valence-electron chi connectivity index (χ4n) is 3.01. The first-order valence-electron chi connectivity index (χ1n) is 9.41. The van der Waals surface area contributed by atoms with Crippen molar-refractivity contribution in [3.63, 3.8) is 0 Å². The minimum absolute atomic E-state index is 0.0550. The summed E-state index contributed by atoms with van der Waals surface area (Å²) in [6.45, 7) is 4.21. The van der Waals surface area contributed by atoms with Gasteiger partial charge in [-0.05, 0) is 46.7 Å². The molecule has 0 aliphatic carbocycles. The summed E-state index contributed by atoms with van der Waals surface area (Å²) in [5, 5.41) is 11.6. The van der Waals surface area contributed by atoms with Crippen LogP contribution in [0.3, 0.4) is 0 Å². The van der Waals surface area contributed by atoms with Gasteiger partial charge in [-0.25, -0.2) is 4.79 Å². The highest BCUT2D eigenvalue weighted by molar-refractivity contribution is 5.67. The predicted molar refractivity (Wildman–Crippen MR) is 113 cm³/mol. The zero-order valence-corrected chi connectivity index (χ0v) is 17.7. The molecule has 9 heteroatoms. The Hall–Kier alpha value is -3.62. The summed E-state index contributed by atoms with van der Waals surface area (Å²) in [6.07, 6.45) is 1.72. The molecule has 1 heterocycles. The first kappa shape index (κ1) is 21.1. The van der Waals surface area contributed by atoms with Gasteiger partial charge in [-0.1, -0.05) is 30.3 Å². The number of hydrogen-bond acceptors (Lipinski definition) is 7. The minimum Gasteiger partial charge on any atom is -0.493 e. The van der Waals surface area contributed by atoms with Crippen molar-refractivity contribution in [3.8, 4) is 17.2 Å². The summed E-state index contributed by atoms with van der Waals surface area (Å²) in [7, 11) is 4.66. The van der Waals surface area contributed by atoms with E-state index in [1.54, 1.807) is 20.4 Å². The molecular weight excluding hydrogens is 386 g/mol. The third-order valence-corrected chi connectivity index (χ3v) is 4.81. The van der Waals surface area contributed by atoms with Gasteiger partial charge in [-0.15, -0.1) is 0 Å². The summed E-state index contributed by atoms with van der Waals surface area (Å²) < 4.78 is 14.0. The maximum Gasteiger partial charge on any atom is 0.368 e. The third kappa shape index (κ3) is 4.35. The number of nitrogens with zero attached hydrogens (tertiary/aromatic N) is 5. The highest BCUT2D eigenvalue weighted by Gasteiger charge is 2.15. The smallest absolute Gasteiger partial charge is 0.368 e. The number of aromatic nitrogens is 4. The number of benzene rings is 2. The molecule has 2 aromatic carbocycles. The number of ether oxygens (including phenoxy) is 2. The molecule has 3 rings (SSSR count). The molecular formula is C21H25N5O4. The van der Waals surface area contributed by atoms with Gasteiger partial charge in [0, 0.05) is 18.5 Å². The Kier molecular flexibility index (Phi) is 6.51. The van der Waals surface area contributed by atoms with Crippen molar-refractivity contribution in [1.29, 1.82) is 0 Å². The van der Waals surface area contributed by atoms with Crippen molar-refractivity contribution in [2.45, 2.75) is 26.4 Å². The van der Waals surface area contributed by atoms with Crippen LogP contribution in [0.5, 0.6) is 11.5 Å². The Bertz CT molecular complexity index is 1100. The Balaban J connectivity index is 1.88. The average molecular weight is 411 g/mol. The Morgan fingerprint density at radius 1 is 1.17 bits per heavy atom. The second kappa shape index (κ2) is 9.25. The first-order valence-corrected chi connectivity index (χ1v) is 9.41. The lowest BCUT2D eigenvalue weighted by atomic mass is 10.0. The van der Waals surface area contributed by atoms with Gasteiger partial charge in [-0.3, -0.25) is 0 Å². The molecule has 0 aliphatic rings. The molecule has 1 atom stereocenters.